The number of hydrogen-bond donors (Lipinski definition) is 1. The minimum Gasteiger partial charge on any atom is -0.481 e. The second-order valence-corrected chi connectivity index (χ2v) is 5.18. The number of nitrogens with zero attached hydrogens (tertiary/aromatic N) is 4. The van der Waals surface area contributed by atoms with E-state index < -0.39 is 0 Å². The van der Waals surface area contributed by atoms with E-state index in [1.807, 2.05) is 36.4 Å². The van der Waals surface area contributed by atoms with Crippen molar-refractivity contribution in [1.82, 2.24) is 25.3 Å². The molecule has 3 aromatic rings. The van der Waals surface area contributed by atoms with Gasteiger partial charge in [-0.15, -0.1) is 5.10 Å². The Hall–Kier alpha value is -3.22. The first-order valence-corrected chi connectivity index (χ1v) is 7.46. The Morgan fingerprint density at radius 1 is 1.17 bits per heavy atom. The maximum atomic E-state index is 12.1. The predicted octanol–water partition coefficient (Wildman–Crippen LogP) is 1.66. The fourth-order valence-electron chi connectivity index (χ4n) is 2.16. The van der Waals surface area contributed by atoms with Crippen LogP contribution in [0.15, 0.2) is 54.9 Å². The van der Waals surface area contributed by atoms with Crippen LogP contribution < -0.4 is 10.1 Å². The summed E-state index contributed by atoms with van der Waals surface area (Å²) in [4.78, 5) is 16.2. The van der Waals surface area contributed by atoms with E-state index in [2.05, 4.69) is 20.6 Å². The van der Waals surface area contributed by atoms with Gasteiger partial charge >= 0.3 is 0 Å². The van der Waals surface area contributed by atoms with Crippen molar-refractivity contribution in [2.24, 2.45) is 0 Å². The summed E-state index contributed by atoms with van der Waals surface area (Å²) in [5, 5.41) is 10.7. The number of carbonyl (C=O) groups excluding carboxylic acids is 1. The van der Waals surface area contributed by atoms with Gasteiger partial charge in [0.2, 0.25) is 5.88 Å². The first-order chi connectivity index (χ1) is 11.7. The second kappa shape index (κ2) is 7.36. The van der Waals surface area contributed by atoms with Crippen LogP contribution in [-0.2, 0) is 13.1 Å². The van der Waals surface area contributed by atoms with Gasteiger partial charge in [0, 0.05) is 18.8 Å². The lowest BCUT2D eigenvalue weighted by atomic mass is 10.2. The van der Waals surface area contributed by atoms with Crippen molar-refractivity contribution >= 4 is 5.91 Å². The van der Waals surface area contributed by atoms with E-state index in [0.29, 0.717) is 19.0 Å². The number of carbonyl (C=O) groups is 1. The van der Waals surface area contributed by atoms with Crippen molar-refractivity contribution in [2.45, 2.75) is 13.1 Å². The van der Waals surface area contributed by atoms with Crippen LogP contribution in [0.4, 0.5) is 0 Å². The minimum atomic E-state index is -0.273. The molecule has 2 aromatic heterocycles. The highest BCUT2D eigenvalue weighted by molar-refractivity contribution is 5.91. The number of pyridine rings is 1. The third-order valence-corrected chi connectivity index (χ3v) is 3.42. The molecule has 0 saturated heterocycles. The van der Waals surface area contributed by atoms with Gasteiger partial charge in [-0.2, -0.15) is 0 Å². The third-order valence-electron chi connectivity index (χ3n) is 3.42. The largest absolute Gasteiger partial charge is 0.481 e. The summed E-state index contributed by atoms with van der Waals surface area (Å²) in [5.74, 6) is 0.263. The third kappa shape index (κ3) is 3.95. The quantitative estimate of drug-likeness (QED) is 0.746. The highest BCUT2D eigenvalue weighted by atomic mass is 16.5. The van der Waals surface area contributed by atoms with Crippen molar-refractivity contribution in [3.63, 3.8) is 0 Å². The van der Waals surface area contributed by atoms with Crippen LogP contribution >= 0.6 is 0 Å². The van der Waals surface area contributed by atoms with Crippen LogP contribution in [0.2, 0.25) is 0 Å². The van der Waals surface area contributed by atoms with Crippen molar-refractivity contribution in [3.8, 4) is 5.88 Å². The molecule has 7 nitrogen and oxygen atoms in total. The van der Waals surface area contributed by atoms with E-state index in [0.717, 1.165) is 11.1 Å². The van der Waals surface area contributed by atoms with Gasteiger partial charge in [-0.1, -0.05) is 41.6 Å². The Bertz CT molecular complexity index is 799. The Labute approximate surface area is 139 Å². The number of amides is 1. The molecule has 122 valence electrons. The van der Waals surface area contributed by atoms with Crippen molar-refractivity contribution < 1.29 is 9.53 Å². The van der Waals surface area contributed by atoms with Gasteiger partial charge in [0.1, 0.15) is 0 Å². The molecule has 2 heterocycles. The average Bonchev–Trinajstić information content (AvgIpc) is 3.09. The molecule has 0 aliphatic rings. The van der Waals surface area contributed by atoms with Crippen LogP contribution in [0.5, 0.6) is 5.88 Å². The molecule has 0 spiro atoms. The van der Waals surface area contributed by atoms with Crippen LogP contribution in [-0.4, -0.2) is 33.0 Å². The van der Waals surface area contributed by atoms with Gasteiger partial charge < -0.3 is 10.1 Å². The monoisotopic (exact) mass is 323 g/mol. The molecule has 0 aliphatic heterocycles. The molecule has 3 rings (SSSR count). The maximum Gasteiger partial charge on any atom is 0.273 e. The Balaban J connectivity index is 1.57. The number of rotatable bonds is 6. The first kappa shape index (κ1) is 15.7. The Morgan fingerprint density at radius 3 is 2.71 bits per heavy atom. The maximum absolute atomic E-state index is 12.1. The molecule has 7 heteroatoms. The predicted molar refractivity (Wildman–Crippen MR) is 87.5 cm³/mol. The molecule has 0 saturated carbocycles. The van der Waals surface area contributed by atoms with Gasteiger partial charge in [-0.25, -0.2) is 9.67 Å². The normalized spacial score (nSPS) is 10.4. The van der Waals surface area contributed by atoms with E-state index in [4.69, 9.17) is 4.74 Å². The number of benzene rings is 1. The number of hydrogen-bond acceptors (Lipinski definition) is 5. The SMILES string of the molecule is COc1ccc(CNC(=O)c2cn(Cc3ccccc3)nn2)cn1. The highest BCUT2D eigenvalue weighted by Gasteiger charge is 2.10. The molecule has 1 N–H and O–H groups in total. The zero-order chi connectivity index (χ0) is 16.8. The summed E-state index contributed by atoms with van der Waals surface area (Å²) < 4.78 is 6.63. The van der Waals surface area contributed by atoms with Gasteiger partial charge in [-0.05, 0) is 11.1 Å². The van der Waals surface area contributed by atoms with Crippen molar-refractivity contribution in [2.75, 3.05) is 7.11 Å². The van der Waals surface area contributed by atoms with E-state index in [1.54, 1.807) is 30.3 Å². The molecule has 0 unspecified atom stereocenters. The molecule has 1 amide bonds. The number of nitrogens with one attached hydrogen (secondary N) is 1. The fraction of sp³-hybridized carbons (Fsp3) is 0.176. The van der Waals surface area contributed by atoms with Gasteiger partial charge in [0.25, 0.3) is 5.91 Å². The van der Waals surface area contributed by atoms with Gasteiger partial charge in [0.15, 0.2) is 5.69 Å². The van der Waals surface area contributed by atoms with Crippen LogP contribution in [0.1, 0.15) is 21.6 Å². The van der Waals surface area contributed by atoms with E-state index in [9.17, 15) is 4.79 Å². The lowest BCUT2D eigenvalue weighted by molar-refractivity contribution is 0.0946. The zero-order valence-electron chi connectivity index (χ0n) is 13.2. The summed E-state index contributed by atoms with van der Waals surface area (Å²) in [6.07, 6.45) is 3.29. The Kier molecular flexibility index (Phi) is 4.81. The first-order valence-electron chi connectivity index (χ1n) is 7.46. The summed E-state index contributed by atoms with van der Waals surface area (Å²) >= 11 is 0. The van der Waals surface area contributed by atoms with Gasteiger partial charge in [-0.3, -0.25) is 4.79 Å². The standard InChI is InChI=1S/C17H17N5O2/c1-24-16-8-7-14(9-18-16)10-19-17(23)15-12-22(21-20-15)11-13-5-3-2-4-6-13/h2-9,12H,10-11H2,1H3,(H,19,23). The highest BCUT2D eigenvalue weighted by Crippen LogP contribution is 2.07. The molecule has 0 fully saturated rings. The molecule has 24 heavy (non-hydrogen) atoms. The van der Waals surface area contributed by atoms with E-state index >= 15 is 0 Å². The topological polar surface area (TPSA) is 81.9 Å². The fourth-order valence-corrected chi connectivity index (χ4v) is 2.16. The second-order valence-electron chi connectivity index (χ2n) is 5.18. The molecule has 0 atom stereocenters. The van der Waals surface area contributed by atoms with Crippen LogP contribution in [0, 0.1) is 0 Å². The van der Waals surface area contributed by atoms with Crippen molar-refractivity contribution in [3.05, 3.63) is 71.7 Å². The van der Waals surface area contributed by atoms with E-state index in [-0.39, 0.29) is 11.6 Å². The minimum absolute atomic E-state index is 0.273. The lowest BCUT2D eigenvalue weighted by Crippen LogP contribution is -2.23. The van der Waals surface area contributed by atoms with Crippen molar-refractivity contribution in [1.29, 1.82) is 0 Å². The zero-order valence-corrected chi connectivity index (χ0v) is 13.2. The summed E-state index contributed by atoms with van der Waals surface area (Å²) in [6.45, 7) is 0.935. The van der Waals surface area contributed by atoms with Gasteiger partial charge in [0.05, 0.1) is 19.9 Å². The summed E-state index contributed by atoms with van der Waals surface area (Å²) in [7, 11) is 1.56. The molecular weight excluding hydrogens is 306 g/mol. The Morgan fingerprint density at radius 2 is 2.00 bits per heavy atom. The average molecular weight is 323 g/mol. The molecular formula is C17H17N5O2. The molecule has 0 bridgehead atoms. The van der Waals surface area contributed by atoms with Crippen LogP contribution in [0.25, 0.3) is 0 Å². The summed E-state index contributed by atoms with van der Waals surface area (Å²) in [5.41, 5.74) is 2.26. The van der Waals surface area contributed by atoms with E-state index in [1.165, 1.54) is 0 Å². The summed E-state index contributed by atoms with van der Waals surface area (Å²) in [6, 6.07) is 13.5. The smallest absolute Gasteiger partial charge is 0.273 e. The number of methoxy groups -OCH3 is 1. The number of ether oxygens (including phenoxy) is 1. The molecule has 1 aromatic carbocycles. The molecule has 0 radical (unpaired) electrons. The lowest BCUT2D eigenvalue weighted by Gasteiger charge is -2.04. The molecule has 0 aliphatic carbocycles. The number of aromatic nitrogens is 4. The van der Waals surface area contributed by atoms with Crippen LogP contribution in [0.3, 0.4) is 0 Å².